The lowest BCUT2D eigenvalue weighted by molar-refractivity contribution is 0.0481. The topological polar surface area (TPSA) is 61.3 Å². The van der Waals surface area contributed by atoms with Crippen LogP contribution < -0.4 is 10.2 Å². The van der Waals surface area contributed by atoms with Crippen LogP contribution in [-0.2, 0) is 0 Å². The molecule has 0 spiro atoms. The number of nitrogens with zero attached hydrogens (tertiary/aromatic N) is 3. The third kappa shape index (κ3) is 3.80. The lowest BCUT2D eigenvalue weighted by atomic mass is 9.98. The van der Waals surface area contributed by atoms with Crippen LogP contribution in [0.2, 0.25) is 0 Å². The molecule has 5 nitrogen and oxygen atoms in total. The maximum absolute atomic E-state index is 10.1. The Morgan fingerprint density at radius 2 is 2.16 bits per heavy atom. The van der Waals surface area contributed by atoms with Crippen molar-refractivity contribution in [3.8, 4) is 0 Å². The number of hydrogen-bond donors (Lipinski definition) is 2. The van der Waals surface area contributed by atoms with Crippen molar-refractivity contribution in [2.24, 2.45) is 0 Å². The Balaban J connectivity index is 2.16. The second-order valence-corrected chi connectivity index (χ2v) is 5.53. The Labute approximate surface area is 115 Å². The number of nitrogens with one attached hydrogen (secondary N) is 1. The molecule has 0 amide bonds. The van der Waals surface area contributed by atoms with Crippen molar-refractivity contribution in [2.45, 2.75) is 45.6 Å². The van der Waals surface area contributed by atoms with E-state index < -0.39 is 5.60 Å². The van der Waals surface area contributed by atoms with Crippen molar-refractivity contribution in [3.05, 3.63) is 11.9 Å². The van der Waals surface area contributed by atoms with E-state index in [4.69, 9.17) is 0 Å². The van der Waals surface area contributed by atoms with Gasteiger partial charge in [-0.1, -0.05) is 0 Å². The molecule has 2 N–H and O–H groups in total. The first-order chi connectivity index (χ1) is 9.00. The van der Waals surface area contributed by atoms with Crippen molar-refractivity contribution in [1.82, 2.24) is 9.97 Å². The number of aliphatic hydroxyl groups is 1. The van der Waals surface area contributed by atoms with Gasteiger partial charge >= 0.3 is 0 Å². The largest absolute Gasteiger partial charge is 0.390 e. The van der Waals surface area contributed by atoms with E-state index in [1.165, 1.54) is 0 Å². The van der Waals surface area contributed by atoms with E-state index in [0.717, 1.165) is 56.4 Å². The second kappa shape index (κ2) is 5.74. The minimum absolute atomic E-state index is 0.540. The molecule has 0 saturated carbocycles. The van der Waals surface area contributed by atoms with Crippen LogP contribution >= 0.6 is 0 Å². The fraction of sp³-hybridized carbons (Fsp3) is 0.714. The molecule has 1 fully saturated rings. The number of aromatic nitrogens is 2. The van der Waals surface area contributed by atoms with Crippen LogP contribution in [0.5, 0.6) is 0 Å². The monoisotopic (exact) mass is 264 g/mol. The molecule has 5 heteroatoms. The predicted octanol–water partition coefficient (Wildman–Crippen LogP) is 1.96. The molecule has 0 radical (unpaired) electrons. The first-order valence-corrected chi connectivity index (χ1v) is 7.07. The summed E-state index contributed by atoms with van der Waals surface area (Å²) in [5.41, 5.74) is -0.540. The van der Waals surface area contributed by atoms with Gasteiger partial charge in [0, 0.05) is 25.7 Å². The van der Waals surface area contributed by atoms with Crippen LogP contribution in [0.4, 0.5) is 11.6 Å². The zero-order chi connectivity index (χ0) is 13.9. The molecule has 1 aliphatic rings. The summed E-state index contributed by atoms with van der Waals surface area (Å²) in [6.07, 6.45) is 2.63. The highest BCUT2D eigenvalue weighted by Crippen LogP contribution is 2.25. The van der Waals surface area contributed by atoms with Gasteiger partial charge in [-0.2, -0.15) is 0 Å². The van der Waals surface area contributed by atoms with Crippen molar-refractivity contribution in [3.63, 3.8) is 0 Å². The van der Waals surface area contributed by atoms with E-state index in [1.807, 2.05) is 19.9 Å². The summed E-state index contributed by atoms with van der Waals surface area (Å²) >= 11 is 0. The van der Waals surface area contributed by atoms with E-state index in [2.05, 4.69) is 27.1 Å². The first kappa shape index (κ1) is 14.1. The van der Waals surface area contributed by atoms with Gasteiger partial charge in [0.2, 0.25) is 0 Å². The molecule has 1 aromatic heterocycles. The molecule has 1 aliphatic heterocycles. The Kier molecular flexibility index (Phi) is 4.24. The van der Waals surface area contributed by atoms with Gasteiger partial charge in [-0.15, -0.1) is 0 Å². The van der Waals surface area contributed by atoms with Crippen LogP contribution in [0.15, 0.2) is 6.07 Å². The van der Waals surface area contributed by atoms with Crippen LogP contribution in [0, 0.1) is 6.92 Å². The van der Waals surface area contributed by atoms with E-state index in [0.29, 0.717) is 0 Å². The van der Waals surface area contributed by atoms with E-state index in [-0.39, 0.29) is 0 Å². The molecule has 1 atom stereocenters. The summed E-state index contributed by atoms with van der Waals surface area (Å²) in [6.45, 7) is 8.53. The minimum Gasteiger partial charge on any atom is -0.390 e. The Bertz CT molecular complexity index is 433. The Morgan fingerprint density at radius 1 is 1.37 bits per heavy atom. The van der Waals surface area contributed by atoms with Crippen molar-refractivity contribution >= 4 is 11.6 Å². The summed E-state index contributed by atoms with van der Waals surface area (Å²) in [6, 6.07) is 2.00. The quantitative estimate of drug-likeness (QED) is 0.874. The standard InChI is InChI=1S/C14H24N4O/c1-4-15-12-10-13(17-11(2)16-12)18-8-5-6-14(3,19)7-9-18/h10,19H,4-9H2,1-3H3,(H,15,16,17). The van der Waals surface area contributed by atoms with Gasteiger partial charge in [0.25, 0.3) is 0 Å². The number of aryl methyl sites for hydroxylation is 1. The van der Waals surface area contributed by atoms with E-state index in [9.17, 15) is 5.11 Å². The van der Waals surface area contributed by atoms with Crippen molar-refractivity contribution in [2.75, 3.05) is 29.9 Å². The van der Waals surface area contributed by atoms with Gasteiger partial charge in [0.15, 0.2) is 0 Å². The molecule has 106 valence electrons. The lowest BCUT2D eigenvalue weighted by Crippen LogP contribution is -2.29. The normalized spacial score (nSPS) is 24.1. The number of anilines is 2. The first-order valence-electron chi connectivity index (χ1n) is 7.07. The smallest absolute Gasteiger partial charge is 0.134 e. The van der Waals surface area contributed by atoms with Gasteiger partial charge in [-0.05, 0) is 40.0 Å². The third-order valence-electron chi connectivity index (χ3n) is 3.57. The van der Waals surface area contributed by atoms with E-state index in [1.54, 1.807) is 0 Å². The summed E-state index contributed by atoms with van der Waals surface area (Å²) in [5.74, 6) is 2.62. The van der Waals surface area contributed by atoms with Crippen molar-refractivity contribution in [1.29, 1.82) is 0 Å². The van der Waals surface area contributed by atoms with Crippen LogP contribution in [0.25, 0.3) is 0 Å². The average molecular weight is 264 g/mol. The zero-order valence-corrected chi connectivity index (χ0v) is 12.1. The van der Waals surface area contributed by atoms with Gasteiger partial charge in [0.05, 0.1) is 5.60 Å². The zero-order valence-electron chi connectivity index (χ0n) is 12.1. The summed E-state index contributed by atoms with van der Waals surface area (Å²) in [4.78, 5) is 11.1. The van der Waals surface area contributed by atoms with Gasteiger partial charge in [0.1, 0.15) is 17.5 Å². The fourth-order valence-electron chi connectivity index (χ4n) is 2.48. The summed E-state index contributed by atoms with van der Waals surface area (Å²) < 4.78 is 0. The van der Waals surface area contributed by atoms with Gasteiger partial charge in [-0.25, -0.2) is 9.97 Å². The predicted molar refractivity (Wildman–Crippen MR) is 77.6 cm³/mol. The summed E-state index contributed by atoms with van der Waals surface area (Å²) in [5, 5.41) is 13.4. The molecule has 2 rings (SSSR count). The molecule has 0 aromatic carbocycles. The van der Waals surface area contributed by atoms with Gasteiger partial charge in [-0.3, -0.25) is 0 Å². The van der Waals surface area contributed by atoms with Crippen LogP contribution in [0.3, 0.4) is 0 Å². The SMILES string of the molecule is CCNc1cc(N2CCCC(C)(O)CC2)nc(C)n1. The van der Waals surface area contributed by atoms with Crippen molar-refractivity contribution < 1.29 is 5.11 Å². The third-order valence-corrected chi connectivity index (χ3v) is 3.57. The maximum atomic E-state index is 10.1. The maximum Gasteiger partial charge on any atom is 0.134 e. The number of rotatable bonds is 3. The Morgan fingerprint density at radius 3 is 2.89 bits per heavy atom. The molecule has 2 heterocycles. The molecule has 0 bridgehead atoms. The molecule has 19 heavy (non-hydrogen) atoms. The number of hydrogen-bond acceptors (Lipinski definition) is 5. The van der Waals surface area contributed by atoms with E-state index >= 15 is 0 Å². The highest BCUT2D eigenvalue weighted by Gasteiger charge is 2.25. The summed E-state index contributed by atoms with van der Waals surface area (Å²) in [7, 11) is 0. The second-order valence-electron chi connectivity index (χ2n) is 5.53. The van der Waals surface area contributed by atoms with Crippen LogP contribution in [0.1, 0.15) is 38.9 Å². The van der Waals surface area contributed by atoms with Gasteiger partial charge < -0.3 is 15.3 Å². The molecule has 1 saturated heterocycles. The highest BCUT2D eigenvalue weighted by atomic mass is 16.3. The molecular weight excluding hydrogens is 240 g/mol. The highest BCUT2D eigenvalue weighted by molar-refractivity contribution is 5.49. The van der Waals surface area contributed by atoms with Crippen LogP contribution in [-0.4, -0.2) is 40.3 Å². The average Bonchev–Trinajstić information content (AvgIpc) is 2.50. The Hall–Kier alpha value is -1.36. The molecule has 1 aromatic rings. The minimum atomic E-state index is -0.540. The fourth-order valence-corrected chi connectivity index (χ4v) is 2.48. The lowest BCUT2D eigenvalue weighted by Gasteiger charge is -2.24. The molecule has 1 unspecified atom stereocenters. The molecular formula is C14H24N4O. The molecule has 0 aliphatic carbocycles.